The Morgan fingerprint density at radius 1 is 0.815 bits per heavy atom. The van der Waals surface area contributed by atoms with Crippen molar-refractivity contribution >= 4 is 17.9 Å². The Bertz CT molecular complexity index is 664. The summed E-state index contributed by atoms with van der Waals surface area (Å²) < 4.78 is 0. The van der Waals surface area contributed by atoms with Crippen LogP contribution in [-0.4, -0.2) is 48.6 Å². The molecule has 0 unspecified atom stereocenters. The Hall–Kier alpha value is -3.19. The molecule has 144 valence electrons. The molecule has 0 saturated carbocycles. The molecular weight excluding hydrogens is 350 g/mol. The molecule has 0 aromatic heterocycles. The topological polar surface area (TPSA) is 93.1 Å². The largest absolute Gasteiger partial charge is 0.481 e. The van der Waals surface area contributed by atoms with Gasteiger partial charge < -0.3 is 10.0 Å². The molecule has 0 bridgehead atoms. The summed E-state index contributed by atoms with van der Waals surface area (Å²) in [5, 5.41) is 8.21. The molecule has 0 fully saturated rings. The summed E-state index contributed by atoms with van der Waals surface area (Å²) in [5.41, 5.74) is 0.636. The summed E-state index contributed by atoms with van der Waals surface area (Å²) in [6, 6.07) is 16.6. The van der Waals surface area contributed by atoms with Crippen LogP contribution in [-0.2, 0) is 14.6 Å². The van der Waals surface area contributed by atoms with Gasteiger partial charge in [-0.3, -0.25) is 4.79 Å². The number of carbonyl (C=O) groups excluding carboxylic acids is 2. The van der Waals surface area contributed by atoms with Crippen LogP contribution >= 0.6 is 0 Å². The third-order valence-corrected chi connectivity index (χ3v) is 3.21. The molecule has 7 nitrogen and oxygen atoms in total. The van der Waals surface area contributed by atoms with Crippen LogP contribution in [0.2, 0.25) is 0 Å². The van der Waals surface area contributed by atoms with Gasteiger partial charge in [0.25, 0.3) is 0 Å². The van der Waals surface area contributed by atoms with Crippen LogP contribution in [0.3, 0.4) is 0 Å². The van der Waals surface area contributed by atoms with Crippen molar-refractivity contribution in [1.29, 1.82) is 0 Å². The minimum Gasteiger partial charge on any atom is -0.481 e. The Kier molecular flexibility index (Phi) is 9.88. The second kappa shape index (κ2) is 12.2. The molecule has 0 amide bonds. The number of carbonyl (C=O) groups is 3. The Morgan fingerprint density at radius 3 is 1.56 bits per heavy atom. The minimum atomic E-state index is -0.711. The van der Waals surface area contributed by atoms with Crippen molar-refractivity contribution in [3.05, 3.63) is 71.8 Å². The number of rotatable bonds is 6. The first-order valence-corrected chi connectivity index (χ1v) is 8.30. The summed E-state index contributed by atoms with van der Waals surface area (Å²) in [4.78, 5) is 43.8. The maximum Gasteiger partial charge on any atom is 0.386 e. The van der Waals surface area contributed by atoms with Crippen molar-refractivity contribution in [1.82, 2.24) is 4.90 Å². The van der Waals surface area contributed by atoms with Crippen molar-refractivity contribution in [3.63, 3.8) is 0 Å². The van der Waals surface area contributed by atoms with Crippen molar-refractivity contribution in [2.75, 3.05) is 20.6 Å². The summed E-state index contributed by atoms with van der Waals surface area (Å²) >= 11 is 0. The molecule has 0 aliphatic heterocycles. The summed E-state index contributed by atoms with van der Waals surface area (Å²) in [5.74, 6) is -2.13. The van der Waals surface area contributed by atoms with Crippen LogP contribution in [0.4, 0.5) is 0 Å². The Labute approximate surface area is 158 Å². The molecule has 2 aromatic rings. The average Bonchev–Trinajstić information content (AvgIpc) is 2.67. The molecule has 0 aliphatic rings. The molecule has 0 saturated heterocycles. The lowest BCUT2D eigenvalue weighted by Crippen LogP contribution is -2.13. The maximum absolute atomic E-state index is 11.5. The zero-order chi connectivity index (χ0) is 20.1. The van der Waals surface area contributed by atoms with Crippen LogP contribution in [0.1, 0.15) is 33.6 Å². The predicted molar refractivity (Wildman–Crippen MR) is 99.1 cm³/mol. The number of nitrogens with zero attached hydrogens (tertiary/aromatic N) is 1. The monoisotopic (exact) mass is 373 g/mol. The van der Waals surface area contributed by atoms with Crippen molar-refractivity contribution in [2.24, 2.45) is 0 Å². The van der Waals surface area contributed by atoms with E-state index in [1.165, 1.54) is 0 Å². The highest BCUT2D eigenvalue weighted by Crippen LogP contribution is 2.05. The van der Waals surface area contributed by atoms with Crippen LogP contribution in [0.5, 0.6) is 0 Å². The van der Waals surface area contributed by atoms with E-state index in [1.54, 1.807) is 60.7 Å². The molecule has 0 spiro atoms. The van der Waals surface area contributed by atoms with E-state index < -0.39 is 17.9 Å². The highest BCUT2D eigenvalue weighted by molar-refractivity contribution is 5.92. The van der Waals surface area contributed by atoms with Crippen molar-refractivity contribution < 1.29 is 29.3 Å². The first-order chi connectivity index (χ1) is 12.9. The molecule has 27 heavy (non-hydrogen) atoms. The third kappa shape index (κ3) is 9.76. The third-order valence-electron chi connectivity index (χ3n) is 3.21. The molecule has 1 N–H and O–H groups in total. The fraction of sp³-hybridized carbons (Fsp3) is 0.250. The molecule has 2 rings (SSSR count). The van der Waals surface area contributed by atoms with Gasteiger partial charge in [-0.15, -0.1) is 0 Å². The van der Waals surface area contributed by atoms with E-state index >= 15 is 0 Å². The van der Waals surface area contributed by atoms with Crippen molar-refractivity contribution in [3.8, 4) is 0 Å². The first-order valence-electron chi connectivity index (χ1n) is 8.30. The van der Waals surface area contributed by atoms with E-state index in [2.05, 4.69) is 9.78 Å². The van der Waals surface area contributed by atoms with Crippen molar-refractivity contribution in [2.45, 2.75) is 12.8 Å². The lowest BCUT2D eigenvalue weighted by molar-refractivity contribution is -0.187. The number of benzene rings is 2. The van der Waals surface area contributed by atoms with Crippen LogP contribution < -0.4 is 0 Å². The van der Waals surface area contributed by atoms with Gasteiger partial charge >= 0.3 is 17.9 Å². The zero-order valence-electron chi connectivity index (χ0n) is 15.3. The zero-order valence-corrected chi connectivity index (χ0v) is 15.3. The van der Waals surface area contributed by atoms with E-state index in [1.807, 2.05) is 19.0 Å². The second-order valence-electron chi connectivity index (χ2n) is 5.77. The van der Waals surface area contributed by atoms with E-state index in [-0.39, 0.29) is 6.42 Å². The van der Waals surface area contributed by atoms with Gasteiger partial charge in [0.1, 0.15) is 0 Å². The minimum absolute atomic E-state index is 0.276. The summed E-state index contributed by atoms with van der Waals surface area (Å²) in [6.07, 6.45) is 1.01. The van der Waals surface area contributed by atoms with Crippen LogP contribution in [0.25, 0.3) is 0 Å². The molecule has 2 aromatic carbocycles. The SMILES string of the molecule is CN(C)CCCC(=O)O.O=C(OOC(=O)c1ccccc1)c1ccccc1. The van der Waals surface area contributed by atoms with Gasteiger partial charge in [-0.1, -0.05) is 36.4 Å². The normalized spacial score (nSPS) is 9.74. The van der Waals surface area contributed by atoms with Gasteiger partial charge in [0, 0.05) is 6.42 Å². The predicted octanol–water partition coefficient (Wildman–Crippen LogP) is 3.03. The van der Waals surface area contributed by atoms with E-state index in [9.17, 15) is 14.4 Å². The molecule has 7 heteroatoms. The van der Waals surface area contributed by atoms with Crippen LogP contribution in [0, 0.1) is 0 Å². The molecule has 0 heterocycles. The summed E-state index contributed by atoms with van der Waals surface area (Å²) in [7, 11) is 3.86. The van der Waals surface area contributed by atoms with E-state index in [0.29, 0.717) is 11.1 Å². The lowest BCUT2D eigenvalue weighted by atomic mass is 10.2. The quantitative estimate of drug-likeness (QED) is 0.614. The second-order valence-corrected chi connectivity index (χ2v) is 5.77. The molecule has 0 atom stereocenters. The smallest absolute Gasteiger partial charge is 0.386 e. The van der Waals surface area contributed by atoms with E-state index in [4.69, 9.17) is 5.11 Å². The van der Waals surface area contributed by atoms with E-state index in [0.717, 1.165) is 13.0 Å². The van der Waals surface area contributed by atoms with Crippen LogP contribution in [0.15, 0.2) is 60.7 Å². The van der Waals surface area contributed by atoms with Gasteiger partial charge in [0.15, 0.2) is 0 Å². The number of hydrogen-bond donors (Lipinski definition) is 1. The highest BCUT2D eigenvalue weighted by atomic mass is 17.2. The standard InChI is InChI=1S/C14H10O4.C6H13NO2/c15-13(11-7-3-1-4-8-11)17-18-14(16)12-9-5-2-6-10-12;1-7(2)5-3-4-6(8)9/h1-10H;3-5H2,1-2H3,(H,8,9). The Balaban J connectivity index is 0.000000345. The molecular formula is C20H23NO6. The number of aliphatic carboxylic acids is 1. The van der Waals surface area contributed by atoms with Gasteiger partial charge in [-0.05, 0) is 51.3 Å². The van der Waals surface area contributed by atoms with Gasteiger partial charge in [0.2, 0.25) is 0 Å². The summed E-state index contributed by atoms with van der Waals surface area (Å²) in [6.45, 7) is 0.853. The lowest BCUT2D eigenvalue weighted by Gasteiger charge is -2.06. The fourth-order valence-electron chi connectivity index (χ4n) is 1.87. The number of hydrogen-bond acceptors (Lipinski definition) is 6. The van der Waals surface area contributed by atoms with Gasteiger partial charge in [-0.2, -0.15) is 0 Å². The van der Waals surface area contributed by atoms with Gasteiger partial charge in [-0.25, -0.2) is 19.4 Å². The number of carboxylic acid groups (broad SMARTS) is 1. The average molecular weight is 373 g/mol. The molecule has 0 aliphatic carbocycles. The molecule has 0 radical (unpaired) electrons. The fourth-order valence-corrected chi connectivity index (χ4v) is 1.87. The first kappa shape index (κ1) is 21.9. The van der Waals surface area contributed by atoms with Gasteiger partial charge in [0.05, 0.1) is 11.1 Å². The maximum atomic E-state index is 11.5. The Morgan fingerprint density at radius 2 is 1.22 bits per heavy atom. The highest BCUT2D eigenvalue weighted by Gasteiger charge is 2.13. The number of carboxylic acids is 1.